The van der Waals surface area contributed by atoms with Crippen molar-refractivity contribution in [2.45, 2.75) is 18.8 Å². The first-order valence-corrected chi connectivity index (χ1v) is 4.46. The Bertz CT molecular complexity index is 374. The summed E-state index contributed by atoms with van der Waals surface area (Å²) in [4.78, 5) is 15.1. The first-order valence-electron chi connectivity index (χ1n) is 4.46. The molecule has 0 amide bonds. The van der Waals surface area contributed by atoms with Crippen LogP contribution in [0.2, 0.25) is 0 Å². The van der Waals surface area contributed by atoms with Crippen LogP contribution in [0.1, 0.15) is 34.8 Å². The lowest BCUT2D eigenvalue weighted by atomic mass is 10.2. The van der Waals surface area contributed by atoms with E-state index in [9.17, 15) is 9.18 Å². The van der Waals surface area contributed by atoms with E-state index in [1.807, 2.05) is 0 Å². The number of methoxy groups -OCH3 is 1. The van der Waals surface area contributed by atoms with Crippen LogP contribution in [0.15, 0.2) is 12.3 Å². The van der Waals surface area contributed by atoms with Gasteiger partial charge < -0.3 is 4.74 Å². The molecule has 1 aliphatic carbocycles. The highest BCUT2D eigenvalue weighted by Gasteiger charge is 2.26. The van der Waals surface area contributed by atoms with Crippen molar-refractivity contribution in [1.82, 2.24) is 4.98 Å². The maximum absolute atomic E-state index is 13.1. The van der Waals surface area contributed by atoms with Gasteiger partial charge in [-0.2, -0.15) is 0 Å². The molecule has 1 aliphatic rings. The van der Waals surface area contributed by atoms with Crippen LogP contribution in [0.25, 0.3) is 0 Å². The van der Waals surface area contributed by atoms with Crippen LogP contribution in [-0.2, 0) is 4.74 Å². The molecule has 1 aromatic heterocycles. The van der Waals surface area contributed by atoms with Crippen molar-refractivity contribution >= 4 is 5.97 Å². The lowest BCUT2D eigenvalue weighted by Gasteiger charge is -2.02. The van der Waals surface area contributed by atoms with E-state index in [0.717, 1.165) is 24.7 Å². The highest BCUT2D eigenvalue weighted by molar-refractivity contribution is 5.89. The van der Waals surface area contributed by atoms with Gasteiger partial charge in [0.05, 0.1) is 18.9 Å². The third kappa shape index (κ3) is 1.60. The zero-order chi connectivity index (χ0) is 10.1. The molecular weight excluding hydrogens is 185 g/mol. The van der Waals surface area contributed by atoms with Gasteiger partial charge in [0, 0.05) is 11.6 Å². The minimum absolute atomic E-state index is 0.0237. The smallest absolute Gasteiger partial charge is 0.340 e. The van der Waals surface area contributed by atoms with Gasteiger partial charge in [-0.1, -0.05) is 0 Å². The van der Waals surface area contributed by atoms with Crippen LogP contribution in [0.4, 0.5) is 4.39 Å². The van der Waals surface area contributed by atoms with Gasteiger partial charge in [0.25, 0.3) is 0 Å². The summed E-state index contributed by atoms with van der Waals surface area (Å²) in [6, 6.07) is 1.48. The Morgan fingerprint density at radius 3 is 2.93 bits per heavy atom. The fraction of sp³-hybridized carbons (Fsp3) is 0.400. The van der Waals surface area contributed by atoms with Crippen molar-refractivity contribution in [3.05, 3.63) is 29.3 Å². The van der Waals surface area contributed by atoms with Gasteiger partial charge >= 0.3 is 5.97 Å². The SMILES string of the molecule is COC(=O)c1cc(C2CC2)ncc1F. The van der Waals surface area contributed by atoms with Crippen molar-refractivity contribution < 1.29 is 13.9 Å². The molecule has 74 valence electrons. The molecule has 1 heterocycles. The fourth-order valence-corrected chi connectivity index (χ4v) is 1.32. The van der Waals surface area contributed by atoms with Gasteiger partial charge in [-0.05, 0) is 18.9 Å². The van der Waals surface area contributed by atoms with Crippen LogP contribution in [0.5, 0.6) is 0 Å². The molecule has 0 saturated heterocycles. The van der Waals surface area contributed by atoms with Crippen molar-refractivity contribution in [3.8, 4) is 0 Å². The van der Waals surface area contributed by atoms with E-state index < -0.39 is 11.8 Å². The van der Waals surface area contributed by atoms with Crippen LogP contribution in [-0.4, -0.2) is 18.1 Å². The second-order valence-corrected chi connectivity index (χ2v) is 3.35. The van der Waals surface area contributed by atoms with E-state index in [-0.39, 0.29) is 5.56 Å². The van der Waals surface area contributed by atoms with Crippen molar-refractivity contribution in [3.63, 3.8) is 0 Å². The number of aromatic nitrogens is 1. The van der Waals surface area contributed by atoms with E-state index >= 15 is 0 Å². The first kappa shape index (κ1) is 9.12. The highest BCUT2D eigenvalue weighted by atomic mass is 19.1. The maximum atomic E-state index is 13.1. The van der Waals surface area contributed by atoms with Crippen LogP contribution >= 0.6 is 0 Å². The average molecular weight is 195 g/mol. The number of carbonyl (C=O) groups excluding carboxylic acids is 1. The van der Waals surface area contributed by atoms with Crippen LogP contribution in [0.3, 0.4) is 0 Å². The predicted molar refractivity (Wildman–Crippen MR) is 47.5 cm³/mol. The van der Waals surface area contributed by atoms with Crippen LogP contribution in [0, 0.1) is 5.82 Å². The van der Waals surface area contributed by atoms with Gasteiger partial charge in [-0.3, -0.25) is 4.98 Å². The fourth-order valence-electron chi connectivity index (χ4n) is 1.32. The topological polar surface area (TPSA) is 39.2 Å². The molecule has 0 aromatic carbocycles. The third-order valence-electron chi connectivity index (χ3n) is 2.28. The number of rotatable bonds is 2. The third-order valence-corrected chi connectivity index (χ3v) is 2.28. The first-order chi connectivity index (χ1) is 6.72. The summed E-state index contributed by atoms with van der Waals surface area (Å²) >= 11 is 0. The lowest BCUT2D eigenvalue weighted by Crippen LogP contribution is -2.06. The number of hydrogen-bond acceptors (Lipinski definition) is 3. The molecule has 0 radical (unpaired) electrons. The minimum Gasteiger partial charge on any atom is -0.465 e. The number of esters is 1. The molecule has 0 unspecified atom stereocenters. The molecule has 0 aliphatic heterocycles. The Balaban J connectivity index is 2.36. The van der Waals surface area contributed by atoms with Gasteiger partial charge in [0.1, 0.15) is 0 Å². The van der Waals surface area contributed by atoms with E-state index in [1.54, 1.807) is 0 Å². The maximum Gasteiger partial charge on any atom is 0.340 e. The van der Waals surface area contributed by atoms with Crippen LogP contribution < -0.4 is 0 Å². The van der Waals surface area contributed by atoms with Crippen molar-refractivity contribution in [1.29, 1.82) is 0 Å². The van der Waals surface area contributed by atoms with E-state index in [4.69, 9.17) is 0 Å². The normalized spacial score (nSPS) is 15.3. The van der Waals surface area contributed by atoms with E-state index in [1.165, 1.54) is 13.2 Å². The Morgan fingerprint density at radius 2 is 2.36 bits per heavy atom. The standard InChI is InChI=1S/C10H10FNO2/c1-14-10(13)7-4-9(6-2-3-6)12-5-8(7)11/h4-6H,2-3H2,1H3. The molecule has 0 spiro atoms. The minimum atomic E-state index is -0.646. The van der Waals surface area contributed by atoms with Gasteiger partial charge in [0.15, 0.2) is 5.82 Å². The van der Waals surface area contributed by atoms with Gasteiger partial charge in [0.2, 0.25) is 0 Å². The molecule has 3 nitrogen and oxygen atoms in total. The molecule has 2 rings (SSSR count). The molecule has 0 bridgehead atoms. The highest BCUT2D eigenvalue weighted by Crippen LogP contribution is 2.39. The van der Waals surface area contributed by atoms with Gasteiger partial charge in [-0.25, -0.2) is 9.18 Å². The summed E-state index contributed by atoms with van der Waals surface area (Å²) in [5.41, 5.74) is 0.760. The summed E-state index contributed by atoms with van der Waals surface area (Å²) in [7, 11) is 1.24. The molecule has 0 N–H and O–H groups in total. The zero-order valence-corrected chi connectivity index (χ0v) is 7.79. The Labute approximate surface area is 80.9 Å². The second kappa shape index (κ2) is 3.36. The summed E-state index contributed by atoms with van der Waals surface area (Å²) < 4.78 is 17.6. The summed E-state index contributed by atoms with van der Waals surface area (Å²) in [5.74, 6) is -0.868. The van der Waals surface area contributed by atoms with Crippen molar-refractivity contribution in [2.75, 3.05) is 7.11 Å². The lowest BCUT2D eigenvalue weighted by molar-refractivity contribution is 0.0595. The molecule has 0 atom stereocenters. The second-order valence-electron chi connectivity index (χ2n) is 3.35. The summed E-state index contributed by atoms with van der Waals surface area (Å²) in [5, 5.41) is 0. The number of nitrogens with zero attached hydrogens (tertiary/aromatic N) is 1. The van der Waals surface area contributed by atoms with Gasteiger partial charge in [-0.15, -0.1) is 0 Å². The number of carbonyl (C=O) groups is 1. The molecule has 1 saturated carbocycles. The monoisotopic (exact) mass is 195 g/mol. The number of hydrogen-bond donors (Lipinski definition) is 0. The van der Waals surface area contributed by atoms with Crippen molar-refractivity contribution in [2.24, 2.45) is 0 Å². The van der Waals surface area contributed by atoms with E-state index in [2.05, 4.69) is 9.72 Å². The Morgan fingerprint density at radius 1 is 1.64 bits per heavy atom. The average Bonchev–Trinajstić information content (AvgIpc) is 3.01. The quantitative estimate of drug-likeness (QED) is 0.676. The predicted octanol–water partition coefficient (Wildman–Crippen LogP) is 1.88. The molecular formula is C10H10FNO2. The Kier molecular flexibility index (Phi) is 2.19. The number of halogens is 1. The summed E-state index contributed by atoms with van der Waals surface area (Å²) in [6.45, 7) is 0. The molecule has 14 heavy (non-hydrogen) atoms. The molecule has 1 fully saturated rings. The number of ether oxygens (including phenoxy) is 1. The Hall–Kier alpha value is -1.45. The summed E-state index contributed by atoms with van der Waals surface area (Å²) in [6.07, 6.45) is 3.22. The molecule has 4 heteroatoms. The zero-order valence-electron chi connectivity index (χ0n) is 7.79. The number of pyridine rings is 1. The van der Waals surface area contributed by atoms with E-state index in [0.29, 0.717) is 5.92 Å². The largest absolute Gasteiger partial charge is 0.465 e. The molecule has 1 aromatic rings.